The average Bonchev–Trinajstić information content (AvgIpc) is 2.93. The largest absolute Gasteiger partial charge is 0.497 e. The van der Waals surface area contributed by atoms with E-state index in [4.69, 9.17) is 4.74 Å². The van der Waals surface area contributed by atoms with E-state index < -0.39 is 0 Å². The van der Waals surface area contributed by atoms with Crippen molar-refractivity contribution in [2.75, 3.05) is 7.11 Å². The van der Waals surface area contributed by atoms with E-state index in [0.717, 1.165) is 22.2 Å². The molecule has 1 aromatic carbocycles. The number of H-pyrrole nitrogens is 3. The van der Waals surface area contributed by atoms with Crippen molar-refractivity contribution in [3.8, 4) is 17.1 Å². The van der Waals surface area contributed by atoms with Gasteiger partial charge in [0.2, 0.25) is 0 Å². The van der Waals surface area contributed by atoms with Crippen LogP contribution in [0.5, 0.6) is 5.75 Å². The van der Waals surface area contributed by atoms with Gasteiger partial charge in [0.1, 0.15) is 5.75 Å². The standard InChI is InChI=1S/C11H10N4O2/c1-17-6-2-3-9-7(4-6)8(5-12-9)10-13-11(16)15-14-10/h2-5,12H,1H3,(H2,13,14,15,16). The number of benzene rings is 1. The lowest BCUT2D eigenvalue weighted by molar-refractivity contribution is 0.415. The second kappa shape index (κ2) is 3.51. The molecule has 0 atom stereocenters. The number of methoxy groups -OCH3 is 1. The van der Waals surface area contributed by atoms with E-state index in [0.29, 0.717) is 5.82 Å². The first-order chi connectivity index (χ1) is 8.28. The lowest BCUT2D eigenvalue weighted by Crippen LogP contribution is -2.00. The molecule has 6 nitrogen and oxygen atoms in total. The van der Waals surface area contributed by atoms with Crippen molar-refractivity contribution in [3.05, 3.63) is 34.9 Å². The average molecular weight is 230 g/mol. The number of hydrogen-bond acceptors (Lipinski definition) is 3. The van der Waals surface area contributed by atoms with Gasteiger partial charge in [0, 0.05) is 22.7 Å². The van der Waals surface area contributed by atoms with Crippen LogP contribution < -0.4 is 10.4 Å². The monoisotopic (exact) mass is 230 g/mol. The molecule has 0 saturated heterocycles. The fourth-order valence-corrected chi connectivity index (χ4v) is 1.82. The molecule has 0 saturated carbocycles. The van der Waals surface area contributed by atoms with Crippen molar-refractivity contribution in [2.24, 2.45) is 0 Å². The molecule has 0 aliphatic carbocycles. The van der Waals surface area contributed by atoms with Crippen molar-refractivity contribution in [2.45, 2.75) is 0 Å². The van der Waals surface area contributed by atoms with Crippen LogP contribution >= 0.6 is 0 Å². The van der Waals surface area contributed by atoms with E-state index in [9.17, 15) is 4.79 Å². The molecule has 0 bridgehead atoms. The zero-order chi connectivity index (χ0) is 11.8. The van der Waals surface area contributed by atoms with Gasteiger partial charge in [-0.05, 0) is 18.2 Å². The molecule has 0 radical (unpaired) electrons. The second-order valence-corrected chi connectivity index (χ2v) is 3.64. The lowest BCUT2D eigenvalue weighted by atomic mass is 10.1. The molecular weight excluding hydrogens is 220 g/mol. The third-order valence-corrected chi connectivity index (χ3v) is 2.65. The summed E-state index contributed by atoms with van der Waals surface area (Å²) in [5.41, 5.74) is 1.47. The molecule has 3 aromatic rings. The highest BCUT2D eigenvalue weighted by Gasteiger charge is 2.09. The van der Waals surface area contributed by atoms with E-state index in [2.05, 4.69) is 20.2 Å². The maximum atomic E-state index is 11.0. The van der Waals surface area contributed by atoms with Crippen LogP contribution in [0, 0.1) is 0 Å². The summed E-state index contributed by atoms with van der Waals surface area (Å²) >= 11 is 0. The molecule has 0 spiro atoms. The molecule has 2 heterocycles. The molecule has 0 amide bonds. The predicted octanol–water partition coefficient (Wildman–Crippen LogP) is 1.25. The summed E-state index contributed by atoms with van der Waals surface area (Å²) in [4.78, 5) is 16.8. The fraction of sp³-hybridized carbons (Fsp3) is 0.0909. The Morgan fingerprint density at radius 1 is 1.35 bits per heavy atom. The maximum absolute atomic E-state index is 11.0. The van der Waals surface area contributed by atoms with Gasteiger partial charge in [-0.15, -0.1) is 0 Å². The van der Waals surface area contributed by atoms with E-state index in [1.807, 2.05) is 18.2 Å². The summed E-state index contributed by atoms with van der Waals surface area (Å²) in [5.74, 6) is 1.27. The number of ether oxygens (including phenoxy) is 1. The number of nitrogens with zero attached hydrogens (tertiary/aromatic N) is 1. The lowest BCUT2D eigenvalue weighted by Gasteiger charge is -1.99. The van der Waals surface area contributed by atoms with Gasteiger partial charge < -0.3 is 9.72 Å². The molecule has 0 aliphatic heterocycles. The Hall–Kier alpha value is -2.50. The van der Waals surface area contributed by atoms with Crippen LogP contribution in [0.25, 0.3) is 22.3 Å². The Kier molecular flexibility index (Phi) is 2.01. The molecule has 3 rings (SSSR count). The van der Waals surface area contributed by atoms with Crippen LogP contribution in [-0.4, -0.2) is 27.3 Å². The minimum Gasteiger partial charge on any atom is -0.497 e. The second-order valence-electron chi connectivity index (χ2n) is 3.64. The maximum Gasteiger partial charge on any atom is 0.340 e. The Morgan fingerprint density at radius 3 is 2.94 bits per heavy atom. The molecule has 2 aromatic heterocycles. The molecular formula is C11H10N4O2. The number of nitrogens with one attached hydrogen (secondary N) is 3. The zero-order valence-corrected chi connectivity index (χ0v) is 9.07. The number of fused-ring (bicyclic) bond motifs is 1. The zero-order valence-electron chi connectivity index (χ0n) is 9.07. The topological polar surface area (TPSA) is 86.6 Å². The molecule has 86 valence electrons. The van der Waals surface area contributed by atoms with Crippen molar-refractivity contribution < 1.29 is 4.74 Å². The summed E-state index contributed by atoms with van der Waals surface area (Å²) in [5, 5.41) is 7.20. The highest BCUT2D eigenvalue weighted by molar-refractivity contribution is 5.94. The minimum absolute atomic E-state index is 0.322. The third kappa shape index (κ3) is 1.50. The Labute approximate surface area is 95.6 Å². The van der Waals surface area contributed by atoms with Crippen LogP contribution in [-0.2, 0) is 0 Å². The molecule has 17 heavy (non-hydrogen) atoms. The van der Waals surface area contributed by atoms with Gasteiger partial charge in [-0.1, -0.05) is 0 Å². The van der Waals surface area contributed by atoms with Gasteiger partial charge in [0.25, 0.3) is 0 Å². The van der Waals surface area contributed by atoms with Gasteiger partial charge >= 0.3 is 5.69 Å². The van der Waals surface area contributed by atoms with Gasteiger partial charge in [0.05, 0.1) is 7.11 Å². The summed E-state index contributed by atoms with van der Waals surface area (Å²) < 4.78 is 5.17. The van der Waals surface area contributed by atoms with E-state index in [1.165, 1.54) is 0 Å². The number of rotatable bonds is 2. The van der Waals surface area contributed by atoms with Crippen LogP contribution in [0.1, 0.15) is 0 Å². The number of aromatic nitrogens is 4. The summed E-state index contributed by atoms with van der Waals surface area (Å²) in [6, 6.07) is 5.69. The van der Waals surface area contributed by atoms with Crippen LogP contribution in [0.15, 0.2) is 29.2 Å². The van der Waals surface area contributed by atoms with Crippen LogP contribution in [0.2, 0.25) is 0 Å². The Morgan fingerprint density at radius 2 is 2.24 bits per heavy atom. The fourth-order valence-electron chi connectivity index (χ4n) is 1.82. The Bertz CT molecular complexity index is 722. The number of hydrogen-bond donors (Lipinski definition) is 3. The highest BCUT2D eigenvalue weighted by atomic mass is 16.5. The van der Waals surface area contributed by atoms with Gasteiger partial charge in [0.15, 0.2) is 5.82 Å². The molecule has 3 N–H and O–H groups in total. The van der Waals surface area contributed by atoms with E-state index in [-0.39, 0.29) is 5.69 Å². The summed E-state index contributed by atoms with van der Waals surface area (Å²) in [7, 11) is 1.61. The van der Waals surface area contributed by atoms with Crippen molar-refractivity contribution in [1.82, 2.24) is 20.2 Å². The number of aromatic amines is 3. The third-order valence-electron chi connectivity index (χ3n) is 2.65. The molecule has 6 heteroatoms. The molecule has 0 aliphatic rings. The smallest absolute Gasteiger partial charge is 0.340 e. The van der Waals surface area contributed by atoms with Gasteiger partial charge in [-0.2, -0.15) is 5.10 Å². The van der Waals surface area contributed by atoms with E-state index in [1.54, 1.807) is 13.3 Å². The van der Waals surface area contributed by atoms with Crippen molar-refractivity contribution in [3.63, 3.8) is 0 Å². The first-order valence-corrected chi connectivity index (χ1v) is 5.08. The van der Waals surface area contributed by atoms with Gasteiger partial charge in [-0.3, -0.25) is 4.98 Å². The van der Waals surface area contributed by atoms with Crippen molar-refractivity contribution >= 4 is 10.9 Å². The van der Waals surface area contributed by atoms with E-state index >= 15 is 0 Å². The summed E-state index contributed by atoms with van der Waals surface area (Å²) in [6.07, 6.45) is 1.80. The predicted molar refractivity (Wildman–Crippen MR) is 63.1 cm³/mol. The van der Waals surface area contributed by atoms with Crippen LogP contribution in [0.4, 0.5) is 0 Å². The molecule has 0 fully saturated rings. The highest BCUT2D eigenvalue weighted by Crippen LogP contribution is 2.28. The minimum atomic E-state index is -0.322. The first kappa shape index (κ1) is 9.71. The summed E-state index contributed by atoms with van der Waals surface area (Å²) in [6.45, 7) is 0. The van der Waals surface area contributed by atoms with Gasteiger partial charge in [-0.25, -0.2) is 9.89 Å². The quantitative estimate of drug-likeness (QED) is 0.619. The normalized spacial score (nSPS) is 10.9. The Balaban J connectivity index is 2.26. The molecule has 0 unspecified atom stereocenters. The SMILES string of the molecule is COc1ccc2[nH]cc(-c3n[nH]c(=O)[nH]3)c2c1. The first-order valence-electron chi connectivity index (χ1n) is 5.08. The van der Waals surface area contributed by atoms with Crippen molar-refractivity contribution in [1.29, 1.82) is 0 Å². The van der Waals surface area contributed by atoms with Crippen LogP contribution in [0.3, 0.4) is 0 Å².